The van der Waals surface area contributed by atoms with Crippen molar-refractivity contribution in [2.24, 2.45) is 10.9 Å². The van der Waals surface area contributed by atoms with Gasteiger partial charge in [0.2, 0.25) is 0 Å². The number of aliphatic imine (C=N–C) groups is 1. The van der Waals surface area contributed by atoms with Gasteiger partial charge in [0.25, 0.3) is 0 Å². The van der Waals surface area contributed by atoms with Gasteiger partial charge < -0.3 is 15.2 Å². The molecule has 6 heteroatoms. The fraction of sp³-hybridized carbons (Fsp3) is 0.733. The standard InChI is InChI=1S/C15H27N5.HI/c1-3-16-15(19-12-14-6-7-14)18-8-4-5-10-20-11-9-17-13(20)2;/h9,11,14H,3-8,10,12H2,1-2H3,(H2,16,18,19);1H. The lowest BCUT2D eigenvalue weighted by atomic mass is 10.3. The summed E-state index contributed by atoms with van der Waals surface area (Å²) in [6, 6.07) is 0. The molecule has 1 aliphatic carbocycles. The summed E-state index contributed by atoms with van der Waals surface area (Å²) in [5.74, 6) is 2.91. The van der Waals surface area contributed by atoms with E-state index < -0.39 is 0 Å². The topological polar surface area (TPSA) is 54.2 Å². The van der Waals surface area contributed by atoms with Gasteiger partial charge in [0.1, 0.15) is 5.82 Å². The summed E-state index contributed by atoms with van der Waals surface area (Å²) in [6.07, 6.45) is 8.92. The molecule has 2 rings (SSSR count). The average Bonchev–Trinajstić information content (AvgIpc) is 3.18. The second-order valence-corrected chi connectivity index (χ2v) is 5.46. The molecule has 0 atom stereocenters. The first-order valence-electron chi connectivity index (χ1n) is 7.79. The zero-order chi connectivity index (χ0) is 14.2. The minimum absolute atomic E-state index is 0. The van der Waals surface area contributed by atoms with Gasteiger partial charge in [-0.1, -0.05) is 0 Å². The van der Waals surface area contributed by atoms with Crippen LogP contribution >= 0.6 is 24.0 Å². The maximum Gasteiger partial charge on any atom is 0.191 e. The third-order valence-corrected chi connectivity index (χ3v) is 3.59. The molecule has 0 aliphatic heterocycles. The van der Waals surface area contributed by atoms with Gasteiger partial charge in [0.15, 0.2) is 5.96 Å². The number of halogens is 1. The lowest BCUT2D eigenvalue weighted by molar-refractivity contribution is 0.588. The number of aryl methyl sites for hydroxylation is 2. The van der Waals surface area contributed by atoms with E-state index in [-0.39, 0.29) is 24.0 Å². The highest BCUT2D eigenvalue weighted by molar-refractivity contribution is 14.0. The van der Waals surface area contributed by atoms with Crippen LogP contribution in [0.5, 0.6) is 0 Å². The molecule has 1 heterocycles. The molecular formula is C15H28IN5. The fourth-order valence-corrected chi connectivity index (χ4v) is 2.12. The Hall–Kier alpha value is -0.790. The van der Waals surface area contributed by atoms with E-state index in [1.165, 1.54) is 12.8 Å². The minimum atomic E-state index is 0. The highest BCUT2D eigenvalue weighted by atomic mass is 127. The number of rotatable bonds is 8. The van der Waals surface area contributed by atoms with Crippen LogP contribution in [0.4, 0.5) is 0 Å². The van der Waals surface area contributed by atoms with Crippen LogP contribution in [-0.2, 0) is 6.54 Å². The number of aromatic nitrogens is 2. The molecule has 2 N–H and O–H groups in total. The van der Waals surface area contributed by atoms with E-state index in [0.29, 0.717) is 0 Å². The number of nitrogens with zero attached hydrogens (tertiary/aromatic N) is 3. The van der Waals surface area contributed by atoms with Crippen LogP contribution in [0.25, 0.3) is 0 Å². The van der Waals surface area contributed by atoms with Crippen molar-refractivity contribution in [1.82, 2.24) is 20.2 Å². The van der Waals surface area contributed by atoms with Gasteiger partial charge in [-0.05, 0) is 45.4 Å². The van der Waals surface area contributed by atoms with Crippen LogP contribution in [0.1, 0.15) is 38.4 Å². The van der Waals surface area contributed by atoms with E-state index in [4.69, 9.17) is 0 Å². The number of guanidine groups is 1. The lowest BCUT2D eigenvalue weighted by Gasteiger charge is -2.11. The first-order chi connectivity index (χ1) is 9.79. The van der Waals surface area contributed by atoms with Crippen molar-refractivity contribution >= 4 is 29.9 Å². The maximum atomic E-state index is 4.62. The van der Waals surface area contributed by atoms with Crippen LogP contribution in [0.3, 0.4) is 0 Å². The maximum absolute atomic E-state index is 4.62. The smallest absolute Gasteiger partial charge is 0.191 e. The van der Waals surface area contributed by atoms with Gasteiger partial charge in [0, 0.05) is 38.6 Å². The fourth-order valence-electron chi connectivity index (χ4n) is 2.12. The van der Waals surface area contributed by atoms with Crippen molar-refractivity contribution in [3.63, 3.8) is 0 Å². The average molecular weight is 405 g/mol. The number of imidazole rings is 1. The van der Waals surface area contributed by atoms with Crippen molar-refractivity contribution in [2.45, 2.75) is 46.1 Å². The molecule has 1 aromatic heterocycles. The van der Waals surface area contributed by atoms with Crippen molar-refractivity contribution in [3.8, 4) is 0 Å². The Morgan fingerprint density at radius 2 is 2.19 bits per heavy atom. The van der Waals surface area contributed by atoms with Gasteiger partial charge >= 0.3 is 0 Å². The van der Waals surface area contributed by atoms with E-state index in [2.05, 4.69) is 32.1 Å². The molecule has 0 aromatic carbocycles. The van der Waals surface area contributed by atoms with Gasteiger partial charge in [-0.3, -0.25) is 4.99 Å². The molecule has 1 aromatic rings. The van der Waals surface area contributed by atoms with E-state index in [1.807, 2.05) is 19.3 Å². The Bertz CT molecular complexity index is 425. The van der Waals surface area contributed by atoms with Gasteiger partial charge in [-0.15, -0.1) is 24.0 Å². The molecule has 5 nitrogen and oxygen atoms in total. The number of unbranched alkanes of at least 4 members (excludes halogenated alkanes) is 1. The zero-order valence-electron chi connectivity index (χ0n) is 13.1. The molecule has 1 saturated carbocycles. The van der Waals surface area contributed by atoms with Crippen molar-refractivity contribution < 1.29 is 0 Å². The molecule has 0 amide bonds. The van der Waals surface area contributed by atoms with Crippen molar-refractivity contribution in [1.29, 1.82) is 0 Å². The summed E-state index contributed by atoms with van der Waals surface area (Å²) < 4.78 is 2.20. The zero-order valence-corrected chi connectivity index (χ0v) is 15.5. The Balaban J connectivity index is 0.00000220. The Morgan fingerprint density at radius 1 is 1.38 bits per heavy atom. The van der Waals surface area contributed by atoms with E-state index in [1.54, 1.807) is 0 Å². The molecule has 0 bridgehead atoms. The van der Waals surface area contributed by atoms with E-state index >= 15 is 0 Å². The Labute approximate surface area is 145 Å². The van der Waals surface area contributed by atoms with Crippen LogP contribution < -0.4 is 10.6 Å². The van der Waals surface area contributed by atoms with Gasteiger partial charge in [-0.25, -0.2) is 4.98 Å². The van der Waals surface area contributed by atoms with E-state index in [9.17, 15) is 0 Å². The summed E-state index contributed by atoms with van der Waals surface area (Å²) in [5, 5.41) is 6.72. The first kappa shape index (κ1) is 18.3. The summed E-state index contributed by atoms with van der Waals surface area (Å²) >= 11 is 0. The molecule has 21 heavy (non-hydrogen) atoms. The third kappa shape index (κ3) is 7.15. The normalized spacial score (nSPS) is 14.7. The molecule has 1 aliphatic rings. The predicted octanol–water partition coefficient (Wildman–Crippen LogP) is 2.55. The van der Waals surface area contributed by atoms with Crippen molar-refractivity contribution in [3.05, 3.63) is 18.2 Å². The summed E-state index contributed by atoms with van der Waals surface area (Å²) in [6.45, 7) is 8.07. The minimum Gasteiger partial charge on any atom is -0.357 e. The first-order valence-corrected chi connectivity index (χ1v) is 7.79. The number of hydrogen-bond donors (Lipinski definition) is 2. The number of nitrogens with one attached hydrogen (secondary N) is 2. The number of hydrogen-bond acceptors (Lipinski definition) is 2. The monoisotopic (exact) mass is 405 g/mol. The quantitative estimate of drug-likeness (QED) is 0.303. The van der Waals surface area contributed by atoms with Crippen LogP contribution in [0.2, 0.25) is 0 Å². The molecule has 0 unspecified atom stereocenters. The molecule has 0 saturated heterocycles. The van der Waals surface area contributed by atoms with E-state index in [0.717, 1.165) is 56.7 Å². The predicted molar refractivity (Wildman–Crippen MR) is 98.3 cm³/mol. The summed E-state index contributed by atoms with van der Waals surface area (Å²) in [5.41, 5.74) is 0. The van der Waals surface area contributed by atoms with Crippen LogP contribution in [-0.4, -0.2) is 35.1 Å². The Morgan fingerprint density at radius 3 is 2.81 bits per heavy atom. The van der Waals surface area contributed by atoms with Gasteiger partial charge in [0.05, 0.1) is 0 Å². The second kappa shape index (κ2) is 10.0. The summed E-state index contributed by atoms with van der Waals surface area (Å²) in [7, 11) is 0. The molecule has 0 spiro atoms. The highest BCUT2D eigenvalue weighted by Gasteiger charge is 2.20. The SMILES string of the molecule is CCNC(=NCC1CC1)NCCCCn1ccnc1C.I. The lowest BCUT2D eigenvalue weighted by Crippen LogP contribution is -2.38. The van der Waals surface area contributed by atoms with Gasteiger partial charge in [-0.2, -0.15) is 0 Å². The largest absolute Gasteiger partial charge is 0.357 e. The Kier molecular flexibility index (Phi) is 8.72. The van der Waals surface area contributed by atoms with Crippen LogP contribution in [0.15, 0.2) is 17.4 Å². The molecule has 1 fully saturated rings. The van der Waals surface area contributed by atoms with Crippen molar-refractivity contribution in [2.75, 3.05) is 19.6 Å². The molecular weight excluding hydrogens is 377 g/mol. The molecule has 120 valence electrons. The highest BCUT2D eigenvalue weighted by Crippen LogP contribution is 2.28. The molecule has 0 radical (unpaired) electrons. The third-order valence-electron chi connectivity index (χ3n) is 3.59. The summed E-state index contributed by atoms with van der Waals surface area (Å²) in [4.78, 5) is 8.85. The second-order valence-electron chi connectivity index (χ2n) is 5.46. The van der Waals surface area contributed by atoms with Crippen LogP contribution in [0, 0.1) is 12.8 Å².